The predicted octanol–water partition coefficient (Wildman–Crippen LogP) is 5.37. The Bertz CT molecular complexity index is 1320. The molecule has 0 saturated heterocycles. The molecule has 0 aliphatic rings. The summed E-state index contributed by atoms with van der Waals surface area (Å²) in [4.78, 5) is 22.6. The third kappa shape index (κ3) is 5.59. The Morgan fingerprint density at radius 1 is 1.09 bits per heavy atom. The molecule has 35 heavy (non-hydrogen) atoms. The predicted molar refractivity (Wildman–Crippen MR) is 134 cm³/mol. The molecule has 0 radical (unpaired) electrons. The number of nitrogens with zero attached hydrogens (tertiary/aromatic N) is 5. The van der Waals surface area contributed by atoms with Crippen LogP contribution in [0.5, 0.6) is 5.88 Å². The second-order valence-corrected chi connectivity index (χ2v) is 8.80. The van der Waals surface area contributed by atoms with Crippen molar-refractivity contribution < 1.29 is 9.52 Å². The fraction of sp³-hybridized carbons (Fsp3) is 0.346. The first-order valence-electron chi connectivity index (χ1n) is 11.8. The van der Waals surface area contributed by atoms with Crippen molar-refractivity contribution in [2.24, 2.45) is 0 Å². The van der Waals surface area contributed by atoms with E-state index in [0.29, 0.717) is 23.0 Å². The molecule has 0 aliphatic carbocycles. The Morgan fingerprint density at radius 3 is 2.57 bits per heavy atom. The molecule has 3 heterocycles. The third-order valence-corrected chi connectivity index (χ3v) is 6.01. The molecular weight excluding hydrogens is 466 g/mol. The van der Waals surface area contributed by atoms with Crippen molar-refractivity contribution in [2.45, 2.75) is 58.4 Å². The zero-order valence-corrected chi connectivity index (χ0v) is 20.6. The van der Waals surface area contributed by atoms with Gasteiger partial charge in [-0.25, -0.2) is 0 Å². The number of rotatable bonds is 10. The van der Waals surface area contributed by atoms with Gasteiger partial charge < -0.3 is 9.52 Å². The van der Waals surface area contributed by atoms with Crippen molar-refractivity contribution in [3.8, 4) is 17.3 Å². The minimum absolute atomic E-state index is 0.0666. The first kappa shape index (κ1) is 24.6. The highest BCUT2D eigenvalue weighted by atomic mass is 35.5. The lowest BCUT2D eigenvalue weighted by Gasteiger charge is -2.23. The lowest BCUT2D eigenvalue weighted by Crippen LogP contribution is -2.31. The first-order valence-corrected chi connectivity index (χ1v) is 12.2. The van der Waals surface area contributed by atoms with Gasteiger partial charge in [-0.1, -0.05) is 68.6 Å². The Morgan fingerprint density at radius 2 is 1.89 bits per heavy atom. The average Bonchev–Trinajstić information content (AvgIpc) is 3.31. The number of unbranched alkanes of at least 4 members (excludes halogenated alkanes) is 1. The first-order chi connectivity index (χ1) is 17.0. The zero-order chi connectivity index (χ0) is 24.8. The average molecular weight is 494 g/mol. The molecule has 0 spiro atoms. The molecule has 0 fully saturated rings. The van der Waals surface area contributed by atoms with Crippen LogP contribution in [0, 0.1) is 0 Å². The van der Waals surface area contributed by atoms with Crippen LogP contribution >= 0.6 is 11.6 Å². The Balaban J connectivity index is 1.79. The van der Waals surface area contributed by atoms with Crippen LogP contribution in [-0.2, 0) is 12.8 Å². The maximum atomic E-state index is 13.9. The van der Waals surface area contributed by atoms with Crippen molar-refractivity contribution in [1.82, 2.24) is 24.7 Å². The highest BCUT2D eigenvalue weighted by molar-refractivity contribution is 6.30. The molecule has 4 rings (SSSR count). The molecule has 182 valence electrons. The minimum atomic E-state index is -0.402. The van der Waals surface area contributed by atoms with Crippen LogP contribution < -0.4 is 5.56 Å². The molecule has 1 atom stereocenters. The van der Waals surface area contributed by atoms with Crippen LogP contribution in [0.3, 0.4) is 0 Å². The Labute approximate surface area is 208 Å². The number of halogens is 1. The van der Waals surface area contributed by atoms with Crippen LogP contribution in [0.15, 0.2) is 57.9 Å². The summed E-state index contributed by atoms with van der Waals surface area (Å²) in [6.45, 7) is 4.16. The Kier molecular flexibility index (Phi) is 7.92. The van der Waals surface area contributed by atoms with Crippen LogP contribution in [0.25, 0.3) is 11.5 Å². The van der Waals surface area contributed by atoms with E-state index in [1.165, 1.54) is 6.20 Å². The molecule has 0 saturated carbocycles. The summed E-state index contributed by atoms with van der Waals surface area (Å²) >= 11 is 5.90. The third-order valence-electron chi connectivity index (χ3n) is 5.78. The second-order valence-electron chi connectivity index (χ2n) is 8.37. The minimum Gasteiger partial charge on any atom is -0.493 e. The number of aromatic nitrogens is 5. The second kappa shape index (κ2) is 11.3. The van der Waals surface area contributed by atoms with Gasteiger partial charge in [-0.2, -0.15) is 4.98 Å². The topological polar surface area (TPSA) is 107 Å². The molecular formula is C26H28ClN5O3. The Hall–Kier alpha value is -3.52. The molecule has 8 nitrogen and oxygen atoms in total. The van der Waals surface area contributed by atoms with Gasteiger partial charge in [0.05, 0.1) is 17.5 Å². The van der Waals surface area contributed by atoms with E-state index in [4.69, 9.17) is 16.0 Å². The molecule has 0 unspecified atom stereocenters. The summed E-state index contributed by atoms with van der Waals surface area (Å²) in [5.74, 6) is 0.345. The summed E-state index contributed by atoms with van der Waals surface area (Å²) < 4.78 is 7.47. The smallest absolute Gasteiger partial charge is 0.270 e. The van der Waals surface area contributed by atoms with Crippen molar-refractivity contribution in [1.29, 1.82) is 0 Å². The van der Waals surface area contributed by atoms with Gasteiger partial charge >= 0.3 is 0 Å². The molecule has 0 aliphatic heterocycles. The van der Waals surface area contributed by atoms with E-state index in [0.717, 1.165) is 31.2 Å². The molecule has 0 amide bonds. The van der Waals surface area contributed by atoms with Gasteiger partial charge in [0.2, 0.25) is 11.8 Å². The summed E-state index contributed by atoms with van der Waals surface area (Å²) in [5, 5.41) is 19.4. The van der Waals surface area contributed by atoms with Crippen molar-refractivity contribution >= 4 is 11.6 Å². The van der Waals surface area contributed by atoms with Crippen LogP contribution in [0.4, 0.5) is 0 Å². The van der Waals surface area contributed by atoms with Crippen LogP contribution in [-0.4, -0.2) is 29.8 Å². The van der Waals surface area contributed by atoms with E-state index in [-0.39, 0.29) is 29.8 Å². The monoisotopic (exact) mass is 493 g/mol. The molecule has 1 aromatic carbocycles. The fourth-order valence-electron chi connectivity index (χ4n) is 4.07. The fourth-order valence-corrected chi connectivity index (χ4v) is 4.18. The van der Waals surface area contributed by atoms with E-state index in [9.17, 15) is 9.90 Å². The van der Waals surface area contributed by atoms with Crippen molar-refractivity contribution in [2.75, 3.05) is 0 Å². The van der Waals surface area contributed by atoms with Crippen LogP contribution in [0.2, 0.25) is 5.02 Å². The summed E-state index contributed by atoms with van der Waals surface area (Å²) in [5.41, 5.74) is 1.20. The van der Waals surface area contributed by atoms with Gasteiger partial charge in [-0.15, -0.1) is 10.2 Å². The summed E-state index contributed by atoms with van der Waals surface area (Å²) in [6.07, 6.45) is 5.77. The molecule has 9 heteroatoms. The number of benzene rings is 1. The van der Waals surface area contributed by atoms with Gasteiger partial charge in [0.15, 0.2) is 5.56 Å². The highest BCUT2D eigenvalue weighted by Gasteiger charge is 2.26. The van der Waals surface area contributed by atoms with Gasteiger partial charge in [0.1, 0.15) is 5.82 Å². The zero-order valence-electron chi connectivity index (χ0n) is 19.8. The van der Waals surface area contributed by atoms with Crippen molar-refractivity contribution in [3.63, 3.8) is 0 Å². The standard InChI is InChI=1S/C26H28ClN5O3/c1-3-5-12-21-29-24(33)23(25-31-30-22(35-25)15-19-14-13-18(27)16-28-19)26(34)32(21)20(9-4-2)17-10-7-6-8-11-17/h6-8,10-11,13-14,16,20,33H,3-5,9,12,15H2,1-2H3/t20-/m0/s1. The van der Waals surface area contributed by atoms with E-state index in [1.54, 1.807) is 16.7 Å². The van der Waals surface area contributed by atoms with Crippen molar-refractivity contribution in [3.05, 3.63) is 87.0 Å². The number of pyridine rings is 1. The lowest BCUT2D eigenvalue weighted by molar-refractivity contribution is 0.422. The maximum Gasteiger partial charge on any atom is 0.270 e. The van der Waals surface area contributed by atoms with Crippen LogP contribution in [0.1, 0.15) is 68.5 Å². The molecule has 4 aromatic rings. The largest absolute Gasteiger partial charge is 0.493 e. The number of aromatic hydroxyl groups is 1. The van der Waals surface area contributed by atoms with Gasteiger partial charge in [0, 0.05) is 18.3 Å². The van der Waals surface area contributed by atoms with E-state index >= 15 is 0 Å². The summed E-state index contributed by atoms with van der Waals surface area (Å²) in [7, 11) is 0. The van der Waals surface area contributed by atoms with E-state index < -0.39 is 11.4 Å². The SMILES string of the molecule is CCCCc1nc(O)c(-c2nnc(Cc3ccc(Cl)cn3)o2)c(=O)n1[C@@H](CCC)c1ccccc1. The molecule has 0 bridgehead atoms. The maximum absolute atomic E-state index is 13.9. The normalized spacial score (nSPS) is 12.1. The lowest BCUT2D eigenvalue weighted by atomic mass is 10.0. The van der Waals surface area contributed by atoms with E-state index in [1.807, 2.05) is 30.3 Å². The number of hydrogen-bond donors (Lipinski definition) is 1. The highest BCUT2D eigenvalue weighted by Crippen LogP contribution is 2.29. The van der Waals surface area contributed by atoms with Gasteiger partial charge in [0.25, 0.3) is 11.4 Å². The number of aryl methyl sites for hydroxylation is 1. The molecule has 1 N–H and O–H groups in total. The van der Waals surface area contributed by atoms with E-state index in [2.05, 4.69) is 34.0 Å². The number of hydrogen-bond acceptors (Lipinski definition) is 7. The quantitative estimate of drug-likeness (QED) is 0.316. The summed E-state index contributed by atoms with van der Waals surface area (Å²) in [6, 6.07) is 13.1. The molecule has 3 aromatic heterocycles. The van der Waals surface area contributed by atoms with Gasteiger partial charge in [-0.3, -0.25) is 14.3 Å². The van der Waals surface area contributed by atoms with Gasteiger partial charge in [-0.05, 0) is 30.5 Å².